The van der Waals surface area contributed by atoms with E-state index in [9.17, 15) is 4.79 Å². The third-order valence-electron chi connectivity index (χ3n) is 5.71. The number of rotatable bonds is 4. The molecule has 0 spiro atoms. The normalized spacial score (nSPS) is 29.7. The van der Waals surface area contributed by atoms with Crippen molar-refractivity contribution in [2.75, 3.05) is 32.8 Å². The first-order valence-electron chi connectivity index (χ1n) is 9.06. The van der Waals surface area contributed by atoms with Crippen LogP contribution < -0.4 is 4.74 Å². The zero-order chi connectivity index (χ0) is 15.6. The van der Waals surface area contributed by atoms with Crippen LogP contribution in [0.2, 0.25) is 0 Å². The first-order valence-corrected chi connectivity index (χ1v) is 9.06. The molecule has 0 saturated carbocycles. The zero-order valence-electron chi connectivity index (χ0n) is 13.7. The van der Waals surface area contributed by atoms with Crippen molar-refractivity contribution in [2.24, 2.45) is 5.92 Å². The topological polar surface area (TPSA) is 32.8 Å². The van der Waals surface area contributed by atoms with Crippen molar-refractivity contribution in [2.45, 2.75) is 38.1 Å². The van der Waals surface area contributed by atoms with Crippen molar-refractivity contribution in [3.05, 3.63) is 29.8 Å². The zero-order valence-corrected chi connectivity index (χ0v) is 13.7. The minimum absolute atomic E-state index is 0.128. The molecule has 1 aromatic carbocycles. The fourth-order valence-electron chi connectivity index (χ4n) is 4.31. The van der Waals surface area contributed by atoms with Gasteiger partial charge in [-0.15, -0.1) is 0 Å². The van der Waals surface area contributed by atoms with Crippen LogP contribution in [0.4, 0.5) is 0 Å². The fourth-order valence-corrected chi connectivity index (χ4v) is 4.31. The molecule has 5 rings (SSSR count). The Hall–Kier alpha value is -1.55. The van der Waals surface area contributed by atoms with E-state index >= 15 is 0 Å². The molecule has 0 radical (unpaired) electrons. The average molecular weight is 314 g/mol. The van der Waals surface area contributed by atoms with Gasteiger partial charge in [0.25, 0.3) is 5.91 Å². The minimum Gasteiger partial charge on any atom is -0.491 e. The summed E-state index contributed by atoms with van der Waals surface area (Å²) in [7, 11) is 0. The second-order valence-electron chi connectivity index (χ2n) is 7.18. The Bertz CT molecular complexity index is 560. The van der Waals surface area contributed by atoms with Crippen LogP contribution in [0.15, 0.2) is 24.3 Å². The molecule has 4 saturated heterocycles. The highest BCUT2D eigenvalue weighted by Gasteiger charge is 2.34. The van der Waals surface area contributed by atoms with Crippen molar-refractivity contribution in [3.63, 3.8) is 0 Å². The molecule has 0 aromatic heterocycles. The Morgan fingerprint density at radius 2 is 1.83 bits per heavy atom. The summed E-state index contributed by atoms with van der Waals surface area (Å²) in [5.74, 6) is 1.77. The van der Waals surface area contributed by atoms with Gasteiger partial charge < -0.3 is 9.64 Å². The first kappa shape index (κ1) is 15.0. The van der Waals surface area contributed by atoms with E-state index in [2.05, 4.69) is 4.90 Å². The van der Waals surface area contributed by atoms with Crippen LogP contribution >= 0.6 is 0 Å². The van der Waals surface area contributed by atoms with E-state index < -0.39 is 0 Å². The van der Waals surface area contributed by atoms with E-state index in [4.69, 9.17) is 4.74 Å². The standard InChI is InChI=1S/C19H26N2O2/c22-19(21-9-3-4-10-21)17-5-1-2-6-18(17)23-14-16-13-15-7-11-20(16)12-8-15/h1-2,5-6,15-16H,3-4,7-14H2. The second kappa shape index (κ2) is 6.52. The van der Waals surface area contributed by atoms with Gasteiger partial charge in [0.2, 0.25) is 0 Å². The molecule has 124 valence electrons. The number of fused-ring (bicyclic) bond motifs is 3. The fraction of sp³-hybridized carbons (Fsp3) is 0.632. The van der Waals surface area contributed by atoms with Gasteiger partial charge in [-0.3, -0.25) is 9.69 Å². The largest absolute Gasteiger partial charge is 0.491 e. The number of likely N-dealkylation sites (tertiary alicyclic amines) is 1. The van der Waals surface area contributed by atoms with Gasteiger partial charge >= 0.3 is 0 Å². The molecule has 4 nitrogen and oxygen atoms in total. The number of carbonyl (C=O) groups is 1. The SMILES string of the molecule is O=C(c1ccccc1OCC1CC2CCN1CC2)N1CCCC1. The molecular weight excluding hydrogens is 288 g/mol. The predicted octanol–water partition coefficient (Wildman–Crippen LogP) is 2.79. The minimum atomic E-state index is 0.128. The lowest BCUT2D eigenvalue weighted by Gasteiger charge is -2.45. The predicted molar refractivity (Wildman–Crippen MR) is 89.8 cm³/mol. The lowest BCUT2D eigenvalue weighted by molar-refractivity contribution is 0.0235. The van der Waals surface area contributed by atoms with Crippen molar-refractivity contribution < 1.29 is 9.53 Å². The third kappa shape index (κ3) is 3.09. The summed E-state index contributed by atoms with van der Waals surface area (Å²) in [5.41, 5.74) is 0.727. The summed E-state index contributed by atoms with van der Waals surface area (Å²) in [4.78, 5) is 17.2. The summed E-state index contributed by atoms with van der Waals surface area (Å²) in [6.45, 7) is 4.90. The summed E-state index contributed by atoms with van der Waals surface area (Å²) in [6.07, 6.45) is 6.18. The van der Waals surface area contributed by atoms with Gasteiger partial charge in [-0.25, -0.2) is 0 Å². The molecule has 1 amide bonds. The van der Waals surface area contributed by atoms with Crippen LogP contribution in [0.5, 0.6) is 5.75 Å². The Morgan fingerprint density at radius 1 is 1.09 bits per heavy atom. The molecule has 4 aliphatic heterocycles. The maximum absolute atomic E-state index is 12.7. The number of piperidine rings is 3. The highest BCUT2D eigenvalue weighted by molar-refractivity contribution is 5.97. The highest BCUT2D eigenvalue weighted by atomic mass is 16.5. The van der Waals surface area contributed by atoms with Crippen LogP contribution in [0.3, 0.4) is 0 Å². The van der Waals surface area contributed by atoms with Crippen LogP contribution in [-0.4, -0.2) is 54.5 Å². The Kier molecular flexibility index (Phi) is 4.25. The summed E-state index contributed by atoms with van der Waals surface area (Å²) >= 11 is 0. The monoisotopic (exact) mass is 314 g/mol. The first-order chi connectivity index (χ1) is 11.3. The number of hydrogen-bond donors (Lipinski definition) is 0. The number of para-hydroxylation sites is 1. The Labute approximate surface area is 138 Å². The maximum atomic E-state index is 12.7. The lowest BCUT2D eigenvalue weighted by atomic mass is 9.83. The lowest BCUT2D eigenvalue weighted by Crippen LogP contribution is -2.51. The molecule has 1 atom stereocenters. The average Bonchev–Trinajstić information content (AvgIpc) is 3.15. The van der Waals surface area contributed by atoms with Crippen LogP contribution in [0.1, 0.15) is 42.5 Å². The van der Waals surface area contributed by atoms with Gasteiger partial charge in [0.1, 0.15) is 12.4 Å². The number of benzene rings is 1. The quantitative estimate of drug-likeness (QED) is 0.857. The molecule has 23 heavy (non-hydrogen) atoms. The maximum Gasteiger partial charge on any atom is 0.257 e. The molecule has 1 unspecified atom stereocenters. The molecule has 2 bridgehead atoms. The van der Waals surface area contributed by atoms with E-state index in [0.29, 0.717) is 12.6 Å². The molecular formula is C19H26N2O2. The van der Waals surface area contributed by atoms with Gasteiger partial charge in [-0.1, -0.05) is 12.1 Å². The number of hydrogen-bond acceptors (Lipinski definition) is 3. The molecule has 4 fully saturated rings. The highest BCUT2D eigenvalue weighted by Crippen LogP contribution is 2.32. The van der Waals surface area contributed by atoms with E-state index in [0.717, 1.165) is 43.2 Å². The van der Waals surface area contributed by atoms with Crippen molar-refractivity contribution in [1.29, 1.82) is 0 Å². The molecule has 1 aromatic rings. The smallest absolute Gasteiger partial charge is 0.257 e. The summed E-state index contributed by atoms with van der Waals surface area (Å²) < 4.78 is 6.12. The second-order valence-corrected chi connectivity index (χ2v) is 7.18. The number of nitrogens with zero attached hydrogens (tertiary/aromatic N) is 2. The van der Waals surface area contributed by atoms with Crippen molar-refractivity contribution in [1.82, 2.24) is 9.80 Å². The van der Waals surface area contributed by atoms with Gasteiger partial charge in [0.15, 0.2) is 0 Å². The number of ether oxygens (including phenoxy) is 1. The van der Waals surface area contributed by atoms with Crippen molar-refractivity contribution >= 4 is 5.91 Å². The van der Waals surface area contributed by atoms with E-state index in [1.165, 1.54) is 32.4 Å². The van der Waals surface area contributed by atoms with E-state index in [1.807, 2.05) is 29.2 Å². The molecule has 4 heterocycles. The molecule has 4 heteroatoms. The Balaban J connectivity index is 1.43. The van der Waals surface area contributed by atoms with Gasteiger partial charge in [0, 0.05) is 19.1 Å². The van der Waals surface area contributed by atoms with E-state index in [1.54, 1.807) is 0 Å². The number of carbonyl (C=O) groups excluding carboxylic acids is 1. The molecule has 4 aliphatic rings. The summed E-state index contributed by atoms with van der Waals surface area (Å²) in [5, 5.41) is 0. The van der Waals surface area contributed by atoms with Crippen molar-refractivity contribution in [3.8, 4) is 5.75 Å². The van der Waals surface area contributed by atoms with Gasteiger partial charge in [-0.2, -0.15) is 0 Å². The third-order valence-corrected chi connectivity index (χ3v) is 5.71. The van der Waals surface area contributed by atoms with Crippen LogP contribution in [0, 0.1) is 5.92 Å². The van der Waals surface area contributed by atoms with Crippen LogP contribution in [0.25, 0.3) is 0 Å². The number of amides is 1. The molecule has 0 N–H and O–H groups in total. The molecule has 0 aliphatic carbocycles. The van der Waals surface area contributed by atoms with Crippen LogP contribution in [-0.2, 0) is 0 Å². The van der Waals surface area contributed by atoms with Gasteiger partial charge in [-0.05, 0) is 63.2 Å². The van der Waals surface area contributed by atoms with E-state index in [-0.39, 0.29) is 5.91 Å². The Morgan fingerprint density at radius 3 is 2.52 bits per heavy atom. The van der Waals surface area contributed by atoms with Gasteiger partial charge in [0.05, 0.1) is 5.56 Å². The summed E-state index contributed by atoms with van der Waals surface area (Å²) in [6, 6.07) is 8.27.